The van der Waals surface area contributed by atoms with Gasteiger partial charge in [0.25, 0.3) is 0 Å². The average Bonchev–Trinajstić information content (AvgIpc) is 2.18. The molecule has 2 aromatic rings. The first kappa shape index (κ1) is 11.4. The number of phenols is 1. The van der Waals surface area contributed by atoms with Crippen molar-refractivity contribution in [3.05, 3.63) is 48.5 Å². The summed E-state index contributed by atoms with van der Waals surface area (Å²) in [7, 11) is 0. The van der Waals surface area contributed by atoms with E-state index in [2.05, 4.69) is 6.58 Å². The molecule has 1 N–H and O–H groups in total. The molecular formula is C12H10OY. The van der Waals surface area contributed by atoms with Gasteiger partial charge >= 0.3 is 0 Å². The Bertz CT molecular complexity index is 463. The zero-order chi connectivity index (χ0) is 9.26. The largest absolute Gasteiger partial charge is 0.507 e. The van der Waals surface area contributed by atoms with Crippen molar-refractivity contribution >= 4 is 16.8 Å². The molecule has 2 rings (SSSR count). The Balaban J connectivity index is 0.000000980. The second-order valence-electron chi connectivity index (χ2n) is 2.92. The van der Waals surface area contributed by atoms with E-state index in [1.54, 1.807) is 12.1 Å². The van der Waals surface area contributed by atoms with Crippen LogP contribution in [0.3, 0.4) is 0 Å². The van der Waals surface area contributed by atoms with Crippen molar-refractivity contribution in [1.29, 1.82) is 0 Å². The van der Waals surface area contributed by atoms with Crippen molar-refractivity contribution in [2.45, 2.75) is 0 Å². The number of benzene rings is 2. The maximum atomic E-state index is 9.56. The molecule has 0 aliphatic rings. The van der Waals surface area contributed by atoms with Crippen molar-refractivity contribution in [1.82, 2.24) is 0 Å². The zero-order valence-corrected chi connectivity index (χ0v) is 10.6. The number of hydrogen-bond acceptors (Lipinski definition) is 1. The molecule has 0 amide bonds. The van der Waals surface area contributed by atoms with E-state index < -0.39 is 0 Å². The number of phenolic OH excluding ortho intramolecular Hbond substituents is 1. The van der Waals surface area contributed by atoms with E-state index >= 15 is 0 Å². The van der Waals surface area contributed by atoms with Crippen molar-refractivity contribution < 1.29 is 37.8 Å². The predicted molar refractivity (Wildman–Crippen MR) is 55.7 cm³/mol. The van der Waals surface area contributed by atoms with Gasteiger partial charge < -0.3 is 5.11 Å². The molecule has 0 spiro atoms. The van der Waals surface area contributed by atoms with E-state index in [0.29, 0.717) is 5.75 Å². The van der Waals surface area contributed by atoms with Crippen LogP contribution in [0.4, 0.5) is 0 Å². The molecule has 1 radical (unpaired) electrons. The third-order valence-electron chi connectivity index (χ3n) is 2.15. The van der Waals surface area contributed by atoms with Crippen LogP contribution in [0.2, 0.25) is 0 Å². The van der Waals surface area contributed by atoms with Crippen LogP contribution in [-0.2, 0) is 32.7 Å². The molecule has 0 heterocycles. The van der Waals surface area contributed by atoms with Crippen molar-refractivity contribution in [2.75, 3.05) is 0 Å². The van der Waals surface area contributed by atoms with Gasteiger partial charge in [-0.25, -0.2) is 0 Å². The predicted octanol–water partition coefficient (Wildman–Crippen LogP) is 3.19. The van der Waals surface area contributed by atoms with Gasteiger partial charge in [-0.1, -0.05) is 43.0 Å². The number of aromatic hydroxyl groups is 1. The fraction of sp³-hybridized carbons (Fsp3) is 0. The van der Waals surface area contributed by atoms with E-state index in [9.17, 15) is 5.11 Å². The maximum Gasteiger partial charge on any atom is 0.123 e. The smallest absolute Gasteiger partial charge is 0.123 e. The molecule has 0 bridgehead atoms. The van der Waals surface area contributed by atoms with E-state index in [-0.39, 0.29) is 32.7 Å². The van der Waals surface area contributed by atoms with Gasteiger partial charge in [-0.05, 0) is 17.0 Å². The Hall–Kier alpha value is -0.656. The van der Waals surface area contributed by atoms with Gasteiger partial charge in [0.2, 0.25) is 0 Å². The fourth-order valence-corrected chi connectivity index (χ4v) is 1.50. The molecule has 0 atom stereocenters. The van der Waals surface area contributed by atoms with Crippen molar-refractivity contribution in [3.8, 4) is 5.75 Å². The van der Waals surface area contributed by atoms with Crippen molar-refractivity contribution in [3.63, 3.8) is 0 Å². The summed E-state index contributed by atoms with van der Waals surface area (Å²) < 4.78 is 0. The summed E-state index contributed by atoms with van der Waals surface area (Å²) in [6.45, 7) is 3.73. The van der Waals surface area contributed by atoms with Gasteiger partial charge in [-0.15, -0.1) is 0 Å². The first-order valence-corrected chi connectivity index (χ1v) is 4.16. The standard InChI is InChI=1S/C12H10O.Y/c1-2-9-5-3-7-11-10(9)6-4-8-12(11)13;/h2-8,13H,1H2;. The molecular weight excluding hydrogens is 249 g/mol. The Labute approximate surface area is 108 Å². The first-order chi connectivity index (χ1) is 6.33. The second kappa shape index (κ2) is 4.72. The summed E-state index contributed by atoms with van der Waals surface area (Å²) >= 11 is 0. The monoisotopic (exact) mass is 259 g/mol. The minimum Gasteiger partial charge on any atom is -0.507 e. The normalized spacial score (nSPS) is 9.43. The summed E-state index contributed by atoms with van der Waals surface area (Å²) in [5.41, 5.74) is 1.05. The first-order valence-electron chi connectivity index (χ1n) is 4.16. The van der Waals surface area contributed by atoms with E-state index in [0.717, 1.165) is 16.3 Å². The Kier molecular flexibility index (Phi) is 3.85. The van der Waals surface area contributed by atoms with Gasteiger partial charge in [0.05, 0.1) is 0 Å². The molecule has 0 aromatic heterocycles. The van der Waals surface area contributed by atoms with E-state index in [1.807, 2.05) is 30.3 Å². The maximum absolute atomic E-state index is 9.56. The van der Waals surface area contributed by atoms with Crippen LogP contribution in [0.25, 0.3) is 16.8 Å². The van der Waals surface area contributed by atoms with Crippen LogP contribution in [0.15, 0.2) is 43.0 Å². The van der Waals surface area contributed by atoms with Gasteiger partial charge in [-0.3, -0.25) is 0 Å². The zero-order valence-electron chi connectivity index (χ0n) is 7.77. The Morgan fingerprint density at radius 3 is 2.36 bits per heavy atom. The minimum absolute atomic E-state index is 0. The molecule has 14 heavy (non-hydrogen) atoms. The van der Waals surface area contributed by atoms with Crippen LogP contribution >= 0.6 is 0 Å². The quantitative estimate of drug-likeness (QED) is 0.833. The number of fused-ring (bicyclic) bond motifs is 1. The van der Waals surface area contributed by atoms with Crippen molar-refractivity contribution in [2.24, 2.45) is 0 Å². The van der Waals surface area contributed by atoms with E-state index in [4.69, 9.17) is 0 Å². The molecule has 0 aliphatic carbocycles. The summed E-state index contributed by atoms with van der Waals surface area (Å²) in [6.07, 6.45) is 1.79. The second-order valence-corrected chi connectivity index (χ2v) is 2.92. The average molecular weight is 259 g/mol. The molecule has 1 nitrogen and oxygen atoms in total. The van der Waals surface area contributed by atoms with Gasteiger partial charge in [-0.2, -0.15) is 0 Å². The topological polar surface area (TPSA) is 20.2 Å². The van der Waals surface area contributed by atoms with E-state index in [1.165, 1.54) is 0 Å². The molecule has 0 saturated carbocycles. The molecule has 67 valence electrons. The minimum atomic E-state index is 0. The summed E-state index contributed by atoms with van der Waals surface area (Å²) in [4.78, 5) is 0. The summed E-state index contributed by atoms with van der Waals surface area (Å²) in [6, 6.07) is 11.3. The van der Waals surface area contributed by atoms with Gasteiger partial charge in [0.1, 0.15) is 5.75 Å². The van der Waals surface area contributed by atoms with Crippen LogP contribution in [0.1, 0.15) is 5.56 Å². The van der Waals surface area contributed by atoms with Gasteiger partial charge in [0, 0.05) is 38.1 Å². The number of hydrogen-bond donors (Lipinski definition) is 1. The Morgan fingerprint density at radius 2 is 1.64 bits per heavy atom. The molecule has 0 fully saturated rings. The molecule has 0 unspecified atom stereocenters. The fourth-order valence-electron chi connectivity index (χ4n) is 1.50. The molecule has 0 aliphatic heterocycles. The van der Waals surface area contributed by atoms with Crippen LogP contribution in [0, 0.1) is 0 Å². The number of rotatable bonds is 1. The molecule has 2 aromatic carbocycles. The van der Waals surface area contributed by atoms with Crippen LogP contribution in [0.5, 0.6) is 5.75 Å². The van der Waals surface area contributed by atoms with Crippen LogP contribution in [-0.4, -0.2) is 5.11 Å². The third kappa shape index (κ3) is 1.89. The SMILES string of the molecule is C=Cc1cccc2c(O)cccc12.[Y]. The van der Waals surface area contributed by atoms with Gasteiger partial charge in [0.15, 0.2) is 0 Å². The summed E-state index contributed by atoms with van der Waals surface area (Å²) in [5.74, 6) is 0.321. The molecule has 2 heteroatoms. The van der Waals surface area contributed by atoms with Crippen LogP contribution < -0.4 is 0 Å². The third-order valence-corrected chi connectivity index (χ3v) is 2.15. The molecule has 0 saturated heterocycles. The summed E-state index contributed by atoms with van der Waals surface area (Å²) in [5, 5.41) is 11.5. The Morgan fingerprint density at radius 1 is 1.00 bits per heavy atom.